The third-order valence-electron chi connectivity index (χ3n) is 6.31. The third-order valence-corrected chi connectivity index (χ3v) is 6.31. The average molecular weight is 396 g/mol. The van der Waals surface area contributed by atoms with Crippen molar-refractivity contribution >= 4 is 10.9 Å². The van der Waals surface area contributed by atoms with Crippen molar-refractivity contribution in [3.05, 3.63) is 71.2 Å². The maximum atomic E-state index is 13.4. The van der Waals surface area contributed by atoms with Crippen LogP contribution < -0.4 is 0 Å². The zero-order chi connectivity index (χ0) is 18.2. The van der Waals surface area contributed by atoms with Crippen molar-refractivity contribution in [2.45, 2.75) is 46.6 Å². The van der Waals surface area contributed by atoms with E-state index in [-0.39, 0.29) is 20.7 Å². The number of aromatic amines is 1. The number of hydrogen-bond donors (Lipinski definition) is 1. The van der Waals surface area contributed by atoms with Crippen LogP contribution in [0.1, 0.15) is 50.3 Å². The van der Waals surface area contributed by atoms with Crippen LogP contribution in [-0.2, 0) is 13.0 Å². The highest BCUT2D eigenvalue weighted by molar-refractivity contribution is 5.83. The molecule has 0 bridgehead atoms. The summed E-state index contributed by atoms with van der Waals surface area (Å²) < 4.78 is 13.4. The number of benzene rings is 2. The second-order valence-corrected chi connectivity index (χ2v) is 8.04. The van der Waals surface area contributed by atoms with Gasteiger partial charge in [0.2, 0.25) is 0 Å². The molecule has 2 aliphatic heterocycles. The van der Waals surface area contributed by atoms with Crippen LogP contribution in [0.5, 0.6) is 0 Å². The van der Waals surface area contributed by atoms with Gasteiger partial charge in [-0.2, -0.15) is 0 Å². The smallest absolute Gasteiger partial charge is 0.125 e. The highest BCUT2D eigenvalue weighted by Crippen LogP contribution is 2.33. The van der Waals surface area contributed by atoms with E-state index in [9.17, 15) is 4.39 Å². The quantitative estimate of drug-likeness (QED) is 0.608. The number of fused-ring (bicyclic) bond motifs is 2. The summed E-state index contributed by atoms with van der Waals surface area (Å²) in [6.45, 7) is 5.57. The lowest BCUT2D eigenvalue weighted by Crippen LogP contribution is -2.43. The van der Waals surface area contributed by atoms with Gasteiger partial charge in [0.1, 0.15) is 5.82 Å². The normalized spacial score (nSPS) is 18.1. The van der Waals surface area contributed by atoms with Gasteiger partial charge in [-0.3, -0.25) is 9.80 Å². The fourth-order valence-electron chi connectivity index (χ4n) is 4.80. The molecular formula is C25H34FN3. The number of aromatic nitrogens is 1. The van der Waals surface area contributed by atoms with Crippen LogP contribution in [0.3, 0.4) is 0 Å². The second-order valence-electron chi connectivity index (χ2n) is 8.04. The SMILES string of the molecule is C.C.Fc1ccc2c(C3CCN(CN4CCc5ccccc5C4)CC3)c[nH]c2c1. The Kier molecular flexibility index (Phi) is 6.76. The maximum absolute atomic E-state index is 13.4. The van der Waals surface area contributed by atoms with E-state index in [1.54, 1.807) is 12.1 Å². The lowest BCUT2D eigenvalue weighted by molar-refractivity contribution is 0.0979. The van der Waals surface area contributed by atoms with Gasteiger partial charge < -0.3 is 4.98 Å². The lowest BCUT2D eigenvalue weighted by atomic mass is 9.89. The molecule has 5 rings (SSSR count). The molecular weight excluding hydrogens is 361 g/mol. The van der Waals surface area contributed by atoms with E-state index in [4.69, 9.17) is 0 Å². The van der Waals surface area contributed by atoms with Crippen molar-refractivity contribution in [3.8, 4) is 0 Å². The summed E-state index contributed by atoms with van der Waals surface area (Å²) in [6.07, 6.45) is 5.61. The average Bonchev–Trinajstić information content (AvgIpc) is 3.11. The first-order chi connectivity index (χ1) is 13.3. The summed E-state index contributed by atoms with van der Waals surface area (Å²) in [5.74, 6) is 0.399. The van der Waals surface area contributed by atoms with E-state index in [1.165, 1.54) is 41.3 Å². The Balaban J connectivity index is 0.00000120. The Labute approximate surface area is 174 Å². The standard InChI is InChI=1S/C23H26FN3.2CH4/c24-20-5-6-21-22(14-25-23(21)13-20)18-8-10-26(11-9-18)16-27-12-7-17-3-1-2-4-19(17)15-27;;/h1-6,13-14,18,25H,7-12,15-16H2;2*1H4. The van der Waals surface area contributed by atoms with Crippen LogP contribution in [0.15, 0.2) is 48.7 Å². The molecule has 3 nitrogen and oxygen atoms in total. The molecule has 0 saturated carbocycles. The van der Waals surface area contributed by atoms with Crippen molar-refractivity contribution < 1.29 is 4.39 Å². The van der Waals surface area contributed by atoms with Gasteiger partial charge in [-0.25, -0.2) is 4.39 Å². The van der Waals surface area contributed by atoms with Crippen molar-refractivity contribution in [1.29, 1.82) is 0 Å². The summed E-state index contributed by atoms with van der Waals surface area (Å²) in [5.41, 5.74) is 5.28. The molecule has 0 atom stereocenters. The van der Waals surface area contributed by atoms with Crippen LogP contribution in [0.25, 0.3) is 10.9 Å². The minimum absolute atomic E-state index is 0. The van der Waals surface area contributed by atoms with Crippen LogP contribution in [0.4, 0.5) is 4.39 Å². The summed E-state index contributed by atoms with van der Waals surface area (Å²) >= 11 is 0. The molecule has 3 aromatic rings. The zero-order valence-corrected chi connectivity index (χ0v) is 15.6. The first-order valence-electron chi connectivity index (χ1n) is 10.0. The molecule has 1 aromatic heterocycles. The Morgan fingerprint density at radius 3 is 2.48 bits per heavy atom. The largest absolute Gasteiger partial charge is 0.361 e. The summed E-state index contributed by atoms with van der Waals surface area (Å²) in [6, 6.07) is 13.9. The molecule has 0 unspecified atom stereocenters. The molecule has 1 saturated heterocycles. The van der Waals surface area contributed by atoms with Crippen LogP contribution in [0, 0.1) is 5.82 Å². The third kappa shape index (κ3) is 4.39. The van der Waals surface area contributed by atoms with Gasteiger partial charge in [-0.15, -0.1) is 0 Å². The number of likely N-dealkylation sites (tertiary alicyclic amines) is 1. The molecule has 29 heavy (non-hydrogen) atoms. The number of rotatable bonds is 3. The lowest BCUT2D eigenvalue weighted by Gasteiger charge is -2.37. The van der Waals surface area contributed by atoms with E-state index >= 15 is 0 Å². The molecule has 1 N–H and O–H groups in total. The second kappa shape index (κ2) is 9.10. The number of halogens is 1. The number of H-pyrrole nitrogens is 1. The van der Waals surface area contributed by atoms with E-state index in [2.05, 4.69) is 45.2 Å². The Morgan fingerprint density at radius 2 is 1.69 bits per heavy atom. The van der Waals surface area contributed by atoms with Gasteiger partial charge in [-0.1, -0.05) is 39.1 Å². The predicted octanol–water partition coefficient (Wildman–Crippen LogP) is 5.77. The maximum Gasteiger partial charge on any atom is 0.125 e. The molecule has 0 radical (unpaired) electrons. The minimum Gasteiger partial charge on any atom is -0.361 e. The highest BCUT2D eigenvalue weighted by Gasteiger charge is 2.25. The molecule has 0 spiro atoms. The van der Waals surface area contributed by atoms with Crippen molar-refractivity contribution in [2.24, 2.45) is 0 Å². The predicted molar refractivity (Wildman–Crippen MR) is 121 cm³/mol. The first-order valence-corrected chi connectivity index (χ1v) is 10.0. The van der Waals surface area contributed by atoms with Gasteiger partial charge in [0, 0.05) is 30.2 Å². The zero-order valence-electron chi connectivity index (χ0n) is 15.6. The molecule has 1 fully saturated rings. The molecule has 2 aromatic carbocycles. The number of piperidine rings is 1. The number of hydrogen-bond acceptors (Lipinski definition) is 2. The molecule has 2 aliphatic rings. The van der Waals surface area contributed by atoms with Crippen LogP contribution >= 0.6 is 0 Å². The van der Waals surface area contributed by atoms with E-state index in [0.717, 1.165) is 38.4 Å². The van der Waals surface area contributed by atoms with Crippen molar-refractivity contribution in [3.63, 3.8) is 0 Å². The van der Waals surface area contributed by atoms with E-state index in [1.807, 2.05) is 6.07 Å². The summed E-state index contributed by atoms with van der Waals surface area (Å²) in [4.78, 5) is 8.43. The monoisotopic (exact) mass is 395 g/mol. The first kappa shape index (κ1) is 21.5. The molecule has 0 aliphatic carbocycles. The Bertz CT molecular complexity index is 940. The van der Waals surface area contributed by atoms with Crippen LogP contribution in [-0.4, -0.2) is 41.1 Å². The summed E-state index contributed by atoms with van der Waals surface area (Å²) in [5, 5.41) is 1.18. The van der Waals surface area contributed by atoms with E-state index in [0.29, 0.717) is 5.92 Å². The van der Waals surface area contributed by atoms with Crippen LogP contribution in [0.2, 0.25) is 0 Å². The topological polar surface area (TPSA) is 22.3 Å². The van der Waals surface area contributed by atoms with Crippen molar-refractivity contribution in [2.75, 3.05) is 26.3 Å². The van der Waals surface area contributed by atoms with E-state index < -0.39 is 0 Å². The fourth-order valence-corrected chi connectivity index (χ4v) is 4.80. The van der Waals surface area contributed by atoms with Gasteiger partial charge in [-0.05, 0) is 73.2 Å². The Hall–Kier alpha value is -2.17. The molecule has 4 heteroatoms. The molecule has 3 heterocycles. The molecule has 156 valence electrons. The summed E-state index contributed by atoms with van der Waals surface area (Å²) in [7, 11) is 0. The van der Waals surface area contributed by atoms with Crippen molar-refractivity contribution in [1.82, 2.24) is 14.8 Å². The van der Waals surface area contributed by atoms with Gasteiger partial charge in [0.25, 0.3) is 0 Å². The highest BCUT2D eigenvalue weighted by atomic mass is 19.1. The number of nitrogens with zero attached hydrogens (tertiary/aromatic N) is 2. The van der Waals surface area contributed by atoms with Gasteiger partial charge in [0.05, 0.1) is 6.67 Å². The minimum atomic E-state index is -0.172. The van der Waals surface area contributed by atoms with Gasteiger partial charge in [0.15, 0.2) is 0 Å². The fraction of sp³-hybridized carbons (Fsp3) is 0.440. The number of nitrogens with one attached hydrogen (secondary N) is 1. The Morgan fingerprint density at radius 1 is 0.931 bits per heavy atom. The molecule has 0 amide bonds. The van der Waals surface area contributed by atoms with Gasteiger partial charge >= 0.3 is 0 Å².